The van der Waals surface area contributed by atoms with Crippen LogP contribution in [0.1, 0.15) is 19.3 Å². The summed E-state index contributed by atoms with van der Waals surface area (Å²) in [5, 5.41) is 4.51. The minimum Gasteiger partial charge on any atom is -0.377 e. The van der Waals surface area contributed by atoms with Crippen LogP contribution in [0.4, 0.5) is 0 Å². The van der Waals surface area contributed by atoms with Crippen molar-refractivity contribution in [3.63, 3.8) is 0 Å². The van der Waals surface area contributed by atoms with Crippen molar-refractivity contribution in [3.05, 3.63) is 11.5 Å². The lowest BCUT2D eigenvalue weighted by Gasteiger charge is -2.24. The molecule has 86 valence electrons. The van der Waals surface area contributed by atoms with Crippen LogP contribution in [0, 0.1) is 0 Å². The Bertz CT molecular complexity index is 331. The average molecular weight is 231 g/mol. The van der Waals surface area contributed by atoms with E-state index in [2.05, 4.69) is 5.32 Å². The van der Waals surface area contributed by atoms with Gasteiger partial charge in [0.05, 0.1) is 11.9 Å². The van der Waals surface area contributed by atoms with Crippen molar-refractivity contribution < 1.29 is 13.2 Å². The average Bonchev–Trinajstić information content (AvgIpc) is 2.57. The first-order chi connectivity index (χ1) is 7.16. The summed E-state index contributed by atoms with van der Waals surface area (Å²) in [6.07, 6.45) is 5.42. The summed E-state index contributed by atoms with van der Waals surface area (Å²) < 4.78 is 27.8. The molecule has 15 heavy (non-hydrogen) atoms. The minimum absolute atomic E-state index is 0.0273. The zero-order chi connectivity index (χ0) is 10.7. The second-order valence-electron chi connectivity index (χ2n) is 4.16. The fourth-order valence-electron chi connectivity index (χ4n) is 1.95. The lowest BCUT2D eigenvalue weighted by molar-refractivity contribution is 0.0164. The predicted molar refractivity (Wildman–Crippen MR) is 58.3 cm³/mol. The third-order valence-electron chi connectivity index (χ3n) is 2.81. The summed E-state index contributed by atoms with van der Waals surface area (Å²) in [5.74, 6) is 0.194. The first-order valence-electron chi connectivity index (χ1n) is 5.42. The molecule has 0 aromatic rings. The van der Waals surface area contributed by atoms with Crippen molar-refractivity contribution in [2.75, 3.05) is 18.9 Å². The highest BCUT2D eigenvalue weighted by atomic mass is 32.2. The maximum absolute atomic E-state index is 11.1. The van der Waals surface area contributed by atoms with Gasteiger partial charge < -0.3 is 10.1 Å². The number of ether oxygens (including phenoxy) is 1. The first-order valence-corrected chi connectivity index (χ1v) is 7.13. The molecule has 0 amide bonds. The van der Waals surface area contributed by atoms with Gasteiger partial charge in [0.15, 0.2) is 9.84 Å². The van der Waals surface area contributed by atoms with Gasteiger partial charge in [-0.15, -0.1) is 0 Å². The Hall–Kier alpha value is -0.390. The molecule has 0 bridgehead atoms. The first kappa shape index (κ1) is 11.1. The van der Waals surface area contributed by atoms with E-state index >= 15 is 0 Å². The van der Waals surface area contributed by atoms with Gasteiger partial charge in [-0.3, -0.25) is 0 Å². The third kappa shape index (κ3) is 3.29. The molecule has 4 nitrogen and oxygen atoms in total. The summed E-state index contributed by atoms with van der Waals surface area (Å²) >= 11 is 0. The van der Waals surface area contributed by atoms with Crippen LogP contribution < -0.4 is 5.32 Å². The van der Waals surface area contributed by atoms with Crippen molar-refractivity contribution in [1.82, 2.24) is 5.32 Å². The van der Waals surface area contributed by atoms with E-state index in [0.29, 0.717) is 0 Å². The molecular formula is C10H17NO3S. The maximum atomic E-state index is 11.1. The van der Waals surface area contributed by atoms with Crippen LogP contribution in [-0.4, -0.2) is 39.5 Å². The molecule has 0 radical (unpaired) electrons. The fourth-order valence-corrected chi connectivity index (χ4v) is 3.22. The molecule has 2 heterocycles. The standard InChI is InChI=1S/C10H17NO3S/c12-15(13)6-4-9(8-15)11-7-10-3-1-2-5-14-10/h4,6,9-11H,1-3,5,7-8H2. The molecule has 5 heteroatoms. The predicted octanol–water partition coefficient (Wildman–Crippen LogP) is 0.456. The van der Waals surface area contributed by atoms with Crippen molar-refractivity contribution in [3.8, 4) is 0 Å². The molecule has 0 aromatic carbocycles. The molecule has 1 fully saturated rings. The van der Waals surface area contributed by atoms with Crippen LogP contribution >= 0.6 is 0 Å². The molecule has 0 aliphatic carbocycles. The van der Waals surface area contributed by atoms with Gasteiger partial charge in [0.1, 0.15) is 0 Å². The van der Waals surface area contributed by atoms with Crippen molar-refractivity contribution in [2.45, 2.75) is 31.4 Å². The van der Waals surface area contributed by atoms with E-state index in [1.54, 1.807) is 6.08 Å². The van der Waals surface area contributed by atoms with Crippen molar-refractivity contribution in [2.24, 2.45) is 0 Å². The molecule has 2 atom stereocenters. The SMILES string of the molecule is O=S1(=O)C=CC(NCC2CCCCO2)C1. The number of hydrogen-bond acceptors (Lipinski definition) is 4. The van der Waals surface area contributed by atoms with Gasteiger partial charge in [0.25, 0.3) is 0 Å². The van der Waals surface area contributed by atoms with Gasteiger partial charge >= 0.3 is 0 Å². The van der Waals surface area contributed by atoms with E-state index in [4.69, 9.17) is 4.74 Å². The molecule has 0 spiro atoms. The largest absolute Gasteiger partial charge is 0.377 e. The number of sulfone groups is 1. The van der Waals surface area contributed by atoms with Crippen LogP contribution in [0.15, 0.2) is 11.5 Å². The highest BCUT2D eigenvalue weighted by Crippen LogP contribution is 2.13. The van der Waals surface area contributed by atoms with E-state index in [1.807, 2.05) is 0 Å². The highest BCUT2D eigenvalue weighted by molar-refractivity contribution is 7.94. The summed E-state index contributed by atoms with van der Waals surface area (Å²) in [6.45, 7) is 1.59. The van der Waals surface area contributed by atoms with Gasteiger partial charge in [-0.05, 0) is 19.3 Å². The molecule has 2 aliphatic heterocycles. The van der Waals surface area contributed by atoms with Crippen LogP contribution in [0.3, 0.4) is 0 Å². The highest BCUT2D eigenvalue weighted by Gasteiger charge is 2.22. The minimum atomic E-state index is -2.93. The van der Waals surface area contributed by atoms with Crippen LogP contribution in [0.25, 0.3) is 0 Å². The topological polar surface area (TPSA) is 55.4 Å². The second-order valence-corrected chi connectivity index (χ2v) is 6.09. The smallest absolute Gasteiger partial charge is 0.173 e. The van der Waals surface area contributed by atoms with Gasteiger partial charge in [-0.25, -0.2) is 8.42 Å². The van der Waals surface area contributed by atoms with Gasteiger partial charge in [-0.2, -0.15) is 0 Å². The second kappa shape index (κ2) is 4.63. The van der Waals surface area contributed by atoms with Crippen LogP contribution in [0.2, 0.25) is 0 Å². The van der Waals surface area contributed by atoms with Crippen molar-refractivity contribution >= 4 is 9.84 Å². The van der Waals surface area contributed by atoms with Crippen LogP contribution in [0.5, 0.6) is 0 Å². The quantitative estimate of drug-likeness (QED) is 0.766. The summed E-state index contributed by atoms with van der Waals surface area (Å²) in [6, 6.07) is -0.0273. The van der Waals surface area contributed by atoms with Gasteiger partial charge in [0.2, 0.25) is 0 Å². The molecule has 2 rings (SSSR count). The molecule has 1 saturated heterocycles. The lowest BCUT2D eigenvalue weighted by Crippen LogP contribution is -2.38. The Labute approximate surface area is 90.6 Å². The van der Waals surface area contributed by atoms with E-state index in [1.165, 1.54) is 11.8 Å². The molecule has 0 saturated carbocycles. The fraction of sp³-hybridized carbons (Fsp3) is 0.800. The zero-order valence-electron chi connectivity index (χ0n) is 8.69. The molecule has 2 unspecified atom stereocenters. The van der Waals surface area contributed by atoms with Gasteiger partial charge in [-0.1, -0.05) is 6.08 Å². The van der Waals surface area contributed by atoms with E-state index < -0.39 is 9.84 Å². The Morgan fingerprint density at radius 3 is 2.87 bits per heavy atom. The Morgan fingerprint density at radius 2 is 2.27 bits per heavy atom. The molecule has 0 aromatic heterocycles. The molecule has 1 N–H and O–H groups in total. The number of rotatable bonds is 3. The van der Waals surface area contributed by atoms with Crippen molar-refractivity contribution in [1.29, 1.82) is 0 Å². The Morgan fingerprint density at radius 1 is 1.40 bits per heavy atom. The Kier molecular flexibility index (Phi) is 3.43. The monoisotopic (exact) mass is 231 g/mol. The van der Waals surface area contributed by atoms with Gasteiger partial charge in [0, 0.05) is 24.6 Å². The number of hydrogen-bond donors (Lipinski definition) is 1. The molecular weight excluding hydrogens is 214 g/mol. The summed E-state index contributed by atoms with van der Waals surface area (Å²) in [5.41, 5.74) is 0. The maximum Gasteiger partial charge on any atom is 0.173 e. The van der Waals surface area contributed by atoms with Crippen LogP contribution in [-0.2, 0) is 14.6 Å². The Balaban J connectivity index is 1.72. The zero-order valence-corrected chi connectivity index (χ0v) is 9.50. The summed E-state index contributed by atoms with van der Waals surface area (Å²) in [4.78, 5) is 0. The van der Waals surface area contributed by atoms with E-state index in [0.717, 1.165) is 26.0 Å². The van der Waals surface area contributed by atoms with E-state index in [9.17, 15) is 8.42 Å². The summed E-state index contributed by atoms with van der Waals surface area (Å²) in [7, 11) is -2.93. The third-order valence-corrected chi connectivity index (χ3v) is 4.21. The lowest BCUT2D eigenvalue weighted by atomic mass is 10.1. The number of nitrogens with one attached hydrogen (secondary N) is 1. The normalized spacial score (nSPS) is 34.4. The molecule has 2 aliphatic rings. The van der Waals surface area contributed by atoms with E-state index in [-0.39, 0.29) is 17.9 Å².